The van der Waals surface area contributed by atoms with Crippen LogP contribution in [0.15, 0.2) is 47.7 Å². The van der Waals surface area contributed by atoms with Crippen LogP contribution < -0.4 is 5.32 Å². The van der Waals surface area contributed by atoms with Crippen LogP contribution >= 0.6 is 0 Å². The number of fused-ring (bicyclic) bond motifs is 1. The van der Waals surface area contributed by atoms with E-state index in [9.17, 15) is 9.59 Å². The molecule has 0 saturated heterocycles. The molecule has 0 spiro atoms. The average molecular weight is 391 g/mol. The fourth-order valence-electron chi connectivity index (χ4n) is 3.80. The van der Waals surface area contributed by atoms with E-state index in [1.165, 1.54) is 5.01 Å². The number of nitrogens with one attached hydrogen (secondary N) is 1. The van der Waals surface area contributed by atoms with Gasteiger partial charge in [0.25, 0.3) is 0 Å². The van der Waals surface area contributed by atoms with Gasteiger partial charge in [-0.15, -0.1) is 0 Å². The predicted molar refractivity (Wildman–Crippen MR) is 111 cm³/mol. The van der Waals surface area contributed by atoms with Crippen LogP contribution in [0.2, 0.25) is 0 Å². The van der Waals surface area contributed by atoms with Crippen LogP contribution in [-0.4, -0.2) is 39.6 Å². The maximum absolute atomic E-state index is 12.6. The lowest BCUT2D eigenvalue weighted by Gasteiger charge is -2.30. The Bertz CT molecular complexity index is 942. The molecule has 1 atom stereocenters. The summed E-state index contributed by atoms with van der Waals surface area (Å²) in [6.07, 6.45) is 2.22. The molecule has 2 aliphatic rings. The van der Waals surface area contributed by atoms with Gasteiger partial charge in [-0.05, 0) is 35.2 Å². The number of benzene rings is 1. The summed E-state index contributed by atoms with van der Waals surface area (Å²) in [7, 11) is 1.69. The van der Waals surface area contributed by atoms with E-state index in [0.29, 0.717) is 25.4 Å². The van der Waals surface area contributed by atoms with Crippen molar-refractivity contribution in [1.82, 2.24) is 14.9 Å². The van der Waals surface area contributed by atoms with Crippen LogP contribution in [0.4, 0.5) is 10.5 Å². The van der Waals surface area contributed by atoms with Crippen molar-refractivity contribution in [2.24, 2.45) is 16.9 Å². The second-order valence-electron chi connectivity index (χ2n) is 7.93. The molecule has 29 heavy (non-hydrogen) atoms. The number of aromatic nitrogens is 1. The Balaban J connectivity index is 1.46. The van der Waals surface area contributed by atoms with Gasteiger partial charge in [-0.25, -0.2) is 9.80 Å². The molecule has 1 unspecified atom stereocenters. The highest BCUT2D eigenvalue weighted by Gasteiger charge is 2.30. The summed E-state index contributed by atoms with van der Waals surface area (Å²) in [5.41, 5.74) is 4.66. The van der Waals surface area contributed by atoms with Crippen molar-refractivity contribution >= 4 is 23.3 Å². The van der Waals surface area contributed by atoms with Gasteiger partial charge >= 0.3 is 6.03 Å². The molecule has 0 radical (unpaired) electrons. The fraction of sp³-hybridized carbons (Fsp3) is 0.364. The fourth-order valence-corrected chi connectivity index (χ4v) is 3.80. The number of urea groups is 1. The number of hydrogen-bond donors (Lipinski definition) is 1. The number of pyridine rings is 1. The standard InChI is InChI=1S/C22H25N5O2/c1-14(2)18-11-20(28)26(3)25-21(18)15-6-8-17(9-7-15)24-22(29)27-12-16-5-4-10-23-19(16)13-27/h4-10,14,18H,11-13H2,1-3H3,(H,24,29). The Hall–Kier alpha value is -3.22. The zero-order chi connectivity index (χ0) is 20.5. The molecule has 2 aliphatic heterocycles. The number of hydrazone groups is 1. The van der Waals surface area contributed by atoms with E-state index < -0.39 is 0 Å². The van der Waals surface area contributed by atoms with Crippen LogP contribution in [0.25, 0.3) is 0 Å². The third-order valence-electron chi connectivity index (χ3n) is 5.57. The minimum atomic E-state index is -0.142. The molecule has 1 N–H and O–H groups in total. The Labute approximate surface area is 170 Å². The first-order valence-electron chi connectivity index (χ1n) is 9.86. The molecule has 0 aliphatic carbocycles. The summed E-state index contributed by atoms with van der Waals surface area (Å²) in [6.45, 7) is 5.31. The van der Waals surface area contributed by atoms with E-state index in [0.717, 1.165) is 28.2 Å². The van der Waals surface area contributed by atoms with Gasteiger partial charge < -0.3 is 10.2 Å². The number of rotatable bonds is 3. The van der Waals surface area contributed by atoms with Crippen molar-refractivity contribution < 1.29 is 9.59 Å². The van der Waals surface area contributed by atoms with Gasteiger partial charge in [-0.3, -0.25) is 9.78 Å². The third-order valence-corrected chi connectivity index (χ3v) is 5.57. The SMILES string of the molecule is CC(C)C1CC(=O)N(C)N=C1c1ccc(NC(=O)N2Cc3cccnc3C2)cc1. The van der Waals surface area contributed by atoms with E-state index >= 15 is 0 Å². The van der Waals surface area contributed by atoms with Crippen molar-refractivity contribution in [3.05, 3.63) is 59.4 Å². The third kappa shape index (κ3) is 3.85. The summed E-state index contributed by atoms with van der Waals surface area (Å²) < 4.78 is 0. The smallest absolute Gasteiger partial charge is 0.314 e. The van der Waals surface area contributed by atoms with E-state index in [1.807, 2.05) is 36.4 Å². The van der Waals surface area contributed by atoms with E-state index in [4.69, 9.17) is 0 Å². The first-order chi connectivity index (χ1) is 13.9. The summed E-state index contributed by atoms with van der Waals surface area (Å²) in [6, 6.07) is 11.4. The van der Waals surface area contributed by atoms with Gasteiger partial charge in [-0.2, -0.15) is 5.10 Å². The molecule has 3 amide bonds. The van der Waals surface area contributed by atoms with Crippen LogP contribution in [0, 0.1) is 11.8 Å². The Morgan fingerprint density at radius 3 is 2.62 bits per heavy atom. The summed E-state index contributed by atoms with van der Waals surface area (Å²) in [5, 5.41) is 8.88. The monoisotopic (exact) mass is 391 g/mol. The first kappa shape index (κ1) is 19.1. The molecule has 2 aromatic rings. The minimum Gasteiger partial charge on any atom is -0.314 e. The molecule has 3 heterocycles. The van der Waals surface area contributed by atoms with Gasteiger partial charge in [0.1, 0.15) is 0 Å². The molecule has 7 nitrogen and oxygen atoms in total. The van der Waals surface area contributed by atoms with Crippen molar-refractivity contribution in [2.45, 2.75) is 33.4 Å². The molecule has 150 valence electrons. The average Bonchev–Trinajstić information content (AvgIpc) is 3.15. The normalized spacial score (nSPS) is 18.7. The largest absolute Gasteiger partial charge is 0.322 e. The molecule has 1 aromatic heterocycles. The van der Waals surface area contributed by atoms with Crippen LogP contribution in [0.3, 0.4) is 0 Å². The van der Waals surface area contributed by atoms with Gasteiger partial charge in [0.2, 0.25) is 5.91 Å². The Morgan fingerprint density at radius 1 is 1.17 bits per heavy atom. The van der Waals surface area contributed by atoms with E-state index in [1.54, 1.807) is 18.1 Å². The summed E-state index contributed by atoms with van der Waals surface area (Å²) in [5.74, 6) is 0.448. The lowest BCUT2D eigenvalue weighted by atomic mass is 9.83. The number of carbonyl (C=O) groups is 2. The quantitative estimate of drug-likeness (QED) is 0.870. The van der Waals surface area contributed by atoms with Crippen LogP contribution in [0.1, 0.15) is 37.1 Å². The zero-order valence-electron chi connectivity index (χ0n) is 16.9. The molecule has 0 saturated carbocycles. The van der Waals surface area contributed by atoms with Crippen molar-refractivity contribution in [2.75, 3.05) is 12.4 Å². The number of nitrogens with zero attached hydrogens (tertiary/aromatic N) is 4. The van der Waals surface area contributed by atoms with E-state index in [-0.39, 0.29) is 17.9 Å². The van der Waals surface area contributed by atoms with Gasteiger partial charge in [0.15, 0.2) is 0 Å². The predicted octanol–water partition coefficient (Wildman–Crippen LogP) is 3.47. The summed E-state index contributed by atoms with van der Waals surface area (Å²) >= 11 is 0. The van der Waals surface area contributed by atoms with Crippen molar-refractivity contribution in [3.8, 4) is 0 Å². The minimum absolute atomic E-state index is 0.0393. The Kier molecular flexibility index (Phi) is 5.05. The molecular weight excluding hydrogens is 366 g/mol. The Morgan fingerprint density at radius 2 is 1.93 bits per heavy atom. The highest BCUT2D eigenvalue weighted by atomic mass is 16.2. The molecule has 1 aromatic carbocycles. The first-order valence-corrected chi connectivity index (χ1v) is 9.86. The molecular formula is C22H25N5O2. The second-order valence-corrected chi connectivity index (χ2v) is 7.93. The lowest BCUT2D eigenvalue weighted by molar-refractivity contribution is -0.131. The van der Waals surface area contributed by atoms with Crippen LogP contribution in [0.5, 0.6) is 0 Å². The van der Waals surface area contributed by atoms with Crippen molar-refractivity contribution in [1.29, 1.82) is 0 Å². The van der Waals surface area contributed by atoms with Crippen molar-refractivity contribution in [3.63, 3.8) is 0 Å². The maximum atomic E-state index is 12.6. The van der Waals surface area contributed by atoms with E-state index in [2.05, 4.69) is 29.2 Å². The van der Waals surface area contributed by atoms with Gasteiger partial charge in [-0.1, -0.05) is 32.0 Å². The number of hydrogen-bond acceptors (Lipinski definition) is 4. The zero-order valence-corrected chi connectivity index (χ0v) is 16.9. The summed E-state index contributed by atoms with van der Waals surface area (Å²) in [4.78, 5) is 30.7. The highest BCUT2D eigenvalue weighted by Crippen LogP contribution is 2.27. The van der Waals surface area contributed by atoms with Gasteiger partial charge in [0, 0.05) is 37.8 Å². The number of carbonyl (C=O) groups excluding carboxylic acids is 2. The maximum Gasteiger partial charge on any atom is 0.322 e. The van der Waals surface area contributed by atoms with Gasteiger partial charge in [0.05, 0.1) is 18.0 Å². The molecule has 0 bridgehead atoms. The number of anilines is 1. The topological polar surface area (TPSA) is 77.9 Å². The molecule has 0 fully saturated rings. The molecule has 7 heteroatoms. The van der Waals surface area contributed by atoms with Crippen LogP contribution in [-0.2, 0) is 17.9 Å². The molecule has 4 rings (SSSR count). The number of amides is 3. The highest BCUT2D eigenvalue weighted by molar-refractivity contribution is 6.06. The second kappa shape index (κ2) is 7.66. The lowest BCUT2D eigenvalue weighted by Crippen LogP contribution is -2.37.